The highest BCUT2D eigenvalue weighted by Crippen LogP contribution is 2.22. The van der Waals surface area contributed by atoms with Gasteiger partial charge in [-0.05, 0) is 62.6 Å². The summed E-state index contributed by atoms with van der Waals surface area (Å²) < 4.78 is 1.57. The molecule has 6 nitrogen and oxygen atoms in total. The van der Waals surface area contributed by atoms with Gasteiger partial charge in [-0.15, -0.1) is 0 Å². The van der Waals surface area contributed by atoms with E-state index in [4.69, 9.17) is 0 Å². The Hall–Kier alpha value is -3.32. The van der Waals surface area contributed by atoms with Gasteiger partial charge in [-0.1, -0.05) is 47.7 Å². The van der Waals surface area contributed by atoms with Crippen LogP contribution in [-0.4, -0.2) is 26.2 Å². The van der Waals surface area contributed by atoms with Gasteiger partial charge in [0.15, 0.2) is 5.16 Å². The molecule has 0 unspecified atom stereocenters. The molecule has 0 aliphatic rings. The van der Waals surface area contributed by atoms with Gasteiger partial charge in [-0.25, -0.2) is 4.98 Å². The predicted octanol–water partition coefficient (Wildman–Crippen LogP) is 4.36. The molecule has 4 aromatic rings. The summed E-state index contributed by atoms with van der Waals surface area (Å²) in [7, 11) is 0. The number of amides is 1. The summed E-state index contributed by atoms with van der Waals surface area (Å²) in [5.41, 5.74) is 7.08. The van der Waals surface area contributed by atoms with Gasteiger partial charge in [0, 0.05) is 12.2 Å². The van der Waals surface area contributed by atoms with Crippen molar-refractivity contribution >= 4 is 28.7 Å². The van der Waals surface area contributed by atoms with Crippen LogP contribution in [0.1, 0.15) is 27.9 Å². The number of carbonyl (C=O) groups is 1. The number of H-pyrrole nitrogens is 1. The van der Waals surface area contributed by atoms with E-state index >= 15 is 0 Å². The lowest BCUT2D eigenvalue weighted by Gasteiger charge is -2.12. The van der Waals surface area contributed by atoms with Crippen LogP contribution in [0.3, 0.4) is 0 Å². The van der Waals surface area contributed by atoms with E-state index in [0.717, 1.165) is 22.5 Å². The molecule has 1 amide bonds. The highest BCUT2D eigenvalue weighted by molar-refractivity contribution is 7.99. The third-order valence-corrected chi connectivity index (χ3v) is 6.38. The lowest BCUT2D eigenvalue weighted by Crippen LogP contribution is -2.26. The van der Waals surface area contributed by atoms with Crippen LogP contribution in [0, 0.1) is 27.7 Å². The average molecular weight is 447 g/mol. The number of aromatic amines is 1. The van der Waals surface area contributed by atoms with Crippen molar-refractivity contribution in [3.8, 4) is 5.69 Å². The van der Waals surface area contributed by atoms with Gasteiger partial charge in [0.2, 0.25) is 5.91 Å². The lowest BCUT2D eigenvalue weighted by molar-refractivity contribution is -0.118. The molecule has 0 radical (unpaired) electrons. The summed E-state index contributed by atoms with van der Waals surface area (Å²) in [6, 6.07) is 15.7. The van der Waals surface area contributed by atoms with E-state index < -0.39 is 0 Å². The zero-order valence-corrected chi connectivity index (χ0v) is 19.5. The zero-order valence-electron chi connectivity index (χ0n) is 18.7. The number of fused-ring (bicyclic) bond motifs is 1. The minimum atomic E-state index is -0.176. The summed E-state index contributed by atoms with van der Waals surface area (Å²) in [6.45, 7) is 8.49. The molecule has 32 heavy (non-hydrogen) atoms. The summed E-state index contributed by atoms with van der Waals surface area (Å²) >= 11 is 1.26. The molecule has 2 heterocycles. The maximum absolute atomic E-state index is 13.2. The molecule has 0 bridgehead atoms. The van der Waals surface area contributed by atoms with Crippen molar-refractivity contribution in [2.75, 3.05) is 5.75 Å². The Balaban J connectivity index is 1.56. The van der Waals surface area contributed by atoms with Crippen LogP contribution in [0.5, 0.6) is 0 Å². The molecule has 0 fully saturated rings. The molecule has 0 atom stereocenters. The molecule has 2 N–H and O–H groups in total. The lowest BCUT2D eigenvalue weighted by atomic mass is 10.1. The Morgan fingerprint density at radius 2 is 1.78 bits per heavy atom. The standard InChI is InChI=1S/C25H26N4O2S/c1-15-5-9-20(10-6-15)29-24(31)23-21(12-18(4)27-23)28-25(29)32-14-22(30)26-13-19-8-7-16(2)17(3)11-19/h5-12,27H,13-14H2,1-4H3,(H,26,30). The monoisotopic (exact) mass is 446 g/mol. The normalized spacial score (nSPS) is 11.1. The second kappa shape index (κ2) is 9.04. The number of thioether (sulfide) groups is 1. The van der Waals surface area contributed by atoms with E-state index in [1.165, 1.54) is 22.9 Å². The fourth-order valence-corrected chi connectivity index (χ4v) is 4.33. The first-order valence-corrected chi connectivity index (χ1v) is 11.5. The number of hydrogen-bond acceptors (Lipinski definition) is 4. The van der Waals surface area contributed by atoms with E-state index in [1.54, 1.807) is 4.57 Å². The van der Waals surface area contributed by atoms with Gasteiger partial charge >= 0.3 is 0 Å². The fourth-order valence-electron chi connectivity index (χ4n) is 3.49. The van der Waals surface area contributed by atoms with Crippen LogP contribution in [0.4, 0.5) is 0 Å². The van der Waals surface area contributed by atoms with E-state index in [-0.39, 0.29) is 17.2 Å². The van der Waals surface area contributed by atoms with Gasteiger partial charge < -0.3 is 10.3 Å². The van der Waals surface area contributed by atoms with Gasteiger partial charge in [0.05, 0.1) is 17.0 Å². The molecule has 2 aromatic heterocycles. The molecule has 4 rings (SSSR count). The van der Waals surface area contributed by atoms with E-state index in [9.17, 15) is 9.59 Å². The highest BCUT2D eigenvalue weighted by atomic mass is 32.2. The molecule has 0 spiro atoms. The van der Waals surface area contributed by atoms with Gasteiger partial charge in [-0.2, -0.15) is 0 Å². The Bertz CT molecular complexity index is 1350. The molecule has 0 aliphatic heterocycles. The van der Waals surface area contributed by atoms with Gasteiger partial charge in [0.25, 0.3) is 5.56 Å². The summed E-state index contributed by atoms with van der Waals surface area (Å²) in [5, 5.41) is 3.45. The fraction of sp³-hybridized carbons (Fsp3) is 0.240. The Morgan fingerprint density at radius 3 is 2.50 bits per heavy atom. The Morgan fingerprint density at radius 1 is 1.03 bits per heavy atom. The SMILES string of the molecule is Cc1ccc(-n2c(SCC(=O)NCc3ccc(C)c(C)c3)nc3cc(C)[nH]c3c2=O)cc1. The average Bonchev–Trinajstić information content (AvgIpc) is 3.14. The third-order valence-electron chi connectivity index (χ3n) is 5.44. The van der Waals surface area contributed by atoms with Crippen LogP contribution in [-0.2, 0) is 11.3 Å². The number of hydrogen-bond donors (Lipinski definition) is 2. The summed E-state index contributed by atoms with van der Waals surface area (Å²) in [5.74, 6) is 0.0567. The van der Waals surface area contributed by atoms with Crippen LogP contribution in [0.2, 0.25) is 0 Å². The molecule has 2 aromatic carbocycles. The van der Waals surface area contributed by atoms with Crippen molar-refractivity contribution in [1.82, 2.24) is 19.9 Å². The number of carbonyl (C=O) groups excluding carboxylic acids is 1. The first-order chi connectivity index (χ1) is 15.3. The van der Waals surface area contributed by atoms with Gasteiger partial charge in [-0.3, -0.25) is 14.2 Å². The van der Waals surface area contributed by atoms with Crippen LogP contribution >= 0.6 is 11.8 Å². The van der Waals surface area contributed by atoms with Crippen molar-refractivity contribution in [3.05, 3.63) is 86.8 Å². The van der Waals surface area contributed by atoms with Crippen LogP contribution in [0.25, 0.3) is 16.7 Å². The predicted molar refractivity (Wildman–Crippen MR) is 130 cm³/mol. The summed E-state index contributed by atoms with van der Waals surface area (Å²) in [4.78, 5) is 33.6. The van der Waals surface area contributed by atoms with Crippen molar-refractivity contribution < 1.29 is 4.79 Å². The first-order valence-electron chi connectivity index (χ1n) is 10.5. The molecular weight excluding hydrogens is 420 g/mol. The molecule has 164 valence electrons. The van der Waals surface area contributed by atoms with E-state index in [1.807, 2.05) is 50.2 Å². The molecule has 0 aliphatic carbocycles. The Kier molecular flexibility index (Phi) is 6.19. The van der Waals surface area contributed by atoms with Crippen molar-refractivity contribution in [2.24, 2.45) is 0 Å². The first kappa shape index (κ1) is 21.9. The minimum absolute atomic E-state index is 0.108. The number of benzene rings is 2. The number of nitrogens with one attached hydrogen (secondary N) is 2. The second-order valence-electron chi connectivity index (χ2n) is 8.07. The quantitative estimate of drug-likeness (QED) is 0.341. The highest BCUT2D eigenvalue weighted by Gasteiger charge is 2.16. The minimum Gasteiger partial charge on any atom is -0.353 e. The van der Waals surface area contributed by atoms with E-state index in [0.29, 0.717) is 22.7 Å². The topological polar surface area (TPSA) is 79.8 Å². The Labute approximate surface area is 191 Å². The molecule has 0 saturated carbocycles. The van der Waals surface area contributed by atoms with Crippen molar-refractivity contribution in [2.45, 2.75) is 39.4 Å². The van der Waals surface area contributed by atoms with Gasteiger partial charge in [0.1, 0.15) is 5.52 Å². The number of aromatic nitrogens is 3. The van der Waals surface area contributed by atoms with Crippen LogP contribution in [0.15, 0.2) is 58.5 Å². The van der Waals surface area contributed by atoms with Crippen molar-refractivity contribution in [1.29, 1.82) is 0 Å². The smallest absolute Gasteiger partial charge is 0.283 e. The third kappa shape index (κ3) is 4.62. The van der Waals surface area contributed by atoms with Crippen LogP contribution < -0.4 is 10.9 Å². The number of aryl methyl sites for hydroxylation is 4. The molecular formula is C25H26N4O2S. The zero-order chi connectivity index (χ0) is 22.8. The molecule has 0 saturated heterocycles. The number of rotatable bonds is 6. The van der Waals surface area contributed by atoms with Crippen molar-refractivity contribution in [3.63, 3.8) is 0 Å². The van der Waals surface area contributed by atoms with E-state index in [2.05, 4.69) is 41.3 Å². The number of nitrogens with zero attached hydrogens (tertiary/aromatic N) is 2. The summed E-state index contributed by atoms with van der Waals surface area (Å²) in [6.07, 6.45) is 0. The second-order valence-corrected chi connectivity index (χ2v) is 9.01. The largest absolute Gasteiger partial charge is 0.353 e. The molecule has 7 heteroatoms. The maximum atomic E-state index is 13.2. The maximum Gasteiger partial charge on any atom is 0.283 e.